The molecule has 3 heterocycles. The van der Waals surface area contributed by atoms with E-state index in [0.717, 1.165) is 24.6 Å². The highest BCUT2D eigenvalue weighted by atomic mass is 16.2. The molecular formula is C18H28N4O. The molecule has 0 aliphatic carbocycles. The third-order valence-corrected chi connectivity index (χ3v) is 4.91. The van der Waals surface area contributed by atoms with Crippen LogP contribution in [0.1, 0.15) is 31.2 Å². The number of rotatable bonds is 6. The number of nitrogens with zero attached hydrogens (tertiary/aromatic N) is 3. The van der Waals surface area contributed by atoms with Gasteiger partial charge in [-0.15, -0.1) is 0 Å². The third kappa shape index (κ3) is 5.29. The Kier molecular flexibility index (Phi) is 6.00. The van der Waals surface area contributed by atoms with Gasteiger partial charge in [-0.3, -0.25) is 14.7 Å². The second-order valence-corrected chi connectivity index (χ2v) is 6.89. The molecular weight excluding hydrogens is 288 g/mol. The second kappa shape index (κ2) is 8.41. The number of hydrogen-bond acceptors (Lipinski definition) is 4. The Bertz CT molecular complexity index is 487. The Balaban J connectivity index is 1.35. The normalized spacial score (nSPS) is 23.0. The number of likely N-dealkylation sites (tertiary alicyclic amines) is 2. The first kappa shape index (κ1) is 16.4. The van der Waals surface area contributed by atoms with E-state index >= 15 is 0 Å². The summed E-state index contributed by atoms with van der Waals surface area (Å²) >= 11 is 0. The van der Waals surface area contributed by atoms with E-state index in [2.05, 4.69) is 20.1 Å². The summed E-state index contributed by atoms with van der Waals surface area (Å²) < 4.78 is 0. The first-order valence-electron chi connectivity index (χ1n) is 8.90. The fourth-order valence-corrected chi connectivity index (χ4v) is 3.67. The van der Waals surface area contributed by atoms with Crippen molar-refractivity contribution in [1.82, 2.24) is 20.1 Å². The van der Waals surface area contributed by atoms with Crippen molar-refractivity contribution in [3.8, 4) is 0 Å². The molecule has 1 N–H and O–H groups in total. The van der Waals surface area contributed by atoms with Gasteiger partial charge >= 0.3 is 0 Å². The number of nitrogens with one attached hydrogen (secondary N) is 1. The van der Waals surface area contributed by atoms with Crippen molar-refractivity contribution in [1.29, 1.82) is 0 Å². The zero-order valence-corrected chi connectivity index (χ0v) is 13.9. The standard InChI is InChI=1S/C18H28N4O/c23-18(20-12-16-5-4-7-19-11-16)15-22-10-6-17(14-22)13-21-8-2-1-3-9-21/h4-5,7,11,17H,1-3,6,8-10,12-15H2,(H,20,23). The lowest BCUT2D eigenvalue weighted by molar-refractivity contribution is -0.122. The minimum Gasteiger partial charge on any atom is -0.351 e. The van der Waals surface area contributed by atoms with Gasteiger partial charge in [0.1, 0.15) is 0 Å². The third-order valence-electron chi connectivity index (χ3n) is 4.91. The van der Waals surface area contributed by atoms with E-state index in [-0.39, 0.29) is 5.91 Å². The average molecular weight is 316 g/mol. The van der Waals surface area contributed by atoms with Crippen LogP contribution in [0.25, 0.3) is 0 Å². The van der Waals surface area contributed by atoms with E-state index < -0.39 is 0 Å². The van der Waals surface area contributed by atoms with Crippen LogP contribution in [0, 0.1) is 5.92 Å². The first-order chi connectivity index (χ1) is 11.3. The second-order valence-electron chi connectivity index (χ2n) is 6.89. The van der Waals surface area contributed by atoms with Crippen molar-refractivity contribution in [3.63, 3.8) is 0 Å². The highest BCUT2D eigenvalue weighted by Gasteiger charge is 2.26. The van der Waals surface area contributed by atoms with Gasteiger partial charge in [-0.05, 0) is 56.4 Å². The van der Waals surface area contributed by atoms with Crippen molar-refractivity contribution in [3.05, 3.63) is 30.1 Å². The molecule has 126 valence electrons. The maximum absolute atomic E-state index is 12.1. The van der Waals surface area contributed by atoms with Crippen LogP contribution >= 0.6 is 0 Å². The molecule has 2 aliphatic rings. The molecule has 2 fully saturated rings. The average Bonchev–Trinajstić information content (AvgIpc) is 3.02. The number of hydrogen-bond donors (Lipinski definition) is 1. The van der Waals surface area contributed by atoms with Gasteiger partial charge in [-0.2, -0.15) is 0 Å². The maximum atomic E-state index is 12.1. The molecule has 1 amide bonds. The van der Waals surface area contributed by atoms with Crippen molar-refractivity contribution in [2.45, 2.75) is 32.2 Å². The molecule has 1 aromatic heterocycles. The van der Waals surface area contributed by atoms with Gasteiger partial charge < -0.3 is 10.2 Å². The molecule has 23 heavy (non-hydrogen) atoms. The molecule has 0 spiro atoms. The minimum absolute atomic E-state index is 0.118. The maximum Gasteiger partial charge on any atom is 0.234 e. The van der Waals surface area contributed by atoms with Crippen LogP contribution in [-0.2, 0) is 11.3 Å². The van der Waals surface area contributed by atoms with Gasteiger partial charge in [-0.25, -0.2) is 0 Å². The summed E-state index contributed by atoms with van der Waals surface area (Å²) in [6.45, 7) is 6.96. The van der Waals surface area contributed by atoms with Crippen molar-refractivity contribution < 1.29 is 4.79 Å². The largest absolute Gasteiger partial charge is 0.351 e. The summed E-state index contributed by atoms with van der Waals surface area (Å²) in [5.74, 6) is 0.853. The Hall–Kier alpha value is -1.46. The zero-order valence-electron chi connectivity index (χ0n) is 13.9. The van der Waals surface area contributed by atoms with E-state index in [0.29, 0.717) is 13.1 Å². The predicted octanol–water partition coefficient (Wildman–Crippen LogP) is 1.51. The fraction of sp³-hybridized carbons (Fsp3) is 0.667. The van der Waals surface area contributed by atoms with Crippen LogP contribution in [0.15, 0.2) is 24.5 Å². The SMILES string of the molecule is O=C(CN1CCC(CN2CCCCC2)C1)NCc1cccnc1. The Morgan fingerprint density at radius 2 is 2.09 bits per heavy atom. The number of carbonyl (C=O) groups is 1. The number of pyridine rings is 1. The lowest BCUT2D eigenvalue weighted by Crippen LogP contribution is -2.37. The molecule has 0 radical (unpaired) electrons. The zero-order chi connectivity index (χ0) is 15.9. The molecule has 1 atom stereocenters. The summed E-state index contributed by atoms with van der Waals surface area (Å²) in [6.07, 6.45) is 8.87. The lowest BCUT2D eigenvalue weighted by Gasteiger charge is -2.29. The van der Waals surface area contributed by atoms with Crippen LogP contribution in [0.3, 0.4) is 0 Å². The van der Waals surface area contributed by atoms with Gasteiger partial charge in [0, 0.05) is 32.0 Å². The van der Waals surface area contributed by atoms with Crippen LogP contribution in [-0.4, -0.2) is 60.0 Å². The van der Waals surface area contributed by atoms with Crippen LogP contribution in [0.4, 0.5) is 0 Å². The molecule has 0 saturated carbocycles. The number of aromatic nitrogens is 1. The molecule has 0 bridgehead atoms. The van der Waals surface area contributed by atoms with Crippen LogP contribution < -0.4 is 5.32 Å². The highest BCUT2D eigenvalue weighted by Crippen LogP contribution is 2.19. The van der Waals surface area contributed by atoms with Gasteiger partial charge in [0.25, 0.3) is 0 Å². The molecule has 1 unspecified atom stereocenters. The van der Waals surface area contributed by atoms with Gasteiger partial charge in [0.05, 0.1) is 6.54 Å². The van der Waals surface area contributed by atoms with Crippen molar-refractivity contribution >= 4 is 5.91 Å². The van der Waals surface area contributed by atoms with Crippen molar-refractivity contribution in [2.75, 3.05) is 39.3 Å². The lowest BCUT2D eigenvalue weighted by atomic mass is 10.1. The van der Waals surface area contributed by atoms with E-state index in [4.69, 9.17) is 0 Å². The quantitative estimate of drug-likeness (QED) is 0.864. The van der Waals surface area contributed by atoms with E-state index in [9.17, 15) is 4.79 Å². The summed E-state index contributed by atoms with van der Waals surface area (Å²) in [5, 5.41) is 2.99. The van der Waals surface area contributed by atoms with Crippen molar-refractivity contribution in [2.24, 2.45) is 5.92 Å². The monoisotopic (exact) mass is 316 g/mol. The van der Waals surface area contributed by atoms with E-state index in [1.807, 2.05) is 12.1 Å². The molecule has 0 aromatic carbocycles. The Morgan fingerprint density at radius 3 is 2.87 bits per heavy atom. The molecule has 5 heteroatoms. The molecule has 2 aliphatic heterocycles. The van der Waals surface area contributed by atoms with E-state index in [1.165, 1.54) is 45.3 Å². The fourth-order valence-electron chi connectivity index (χ4n) is 3.67. The van der Waals surface area contributed by atoms with Gasteiger partial charge in [-0.1, -0.05) is 12.5 Å². The summed E-state index contributed by atoms with van der Waals surface area (Å²) in [7, 11) is 0. The number of carbonyl (C=O) groups excluding carboxylic acids is 1. The number of amides is 1. The molecule has 3 rings (SSSR count). The highest BCUT2D eigenvalue weighted by molar-refractivity contribution is 5.78. The topological polar surface area (TPSA) is 48.5 Å². The minimum atomic E-state index is 0.118. The number of piperidine rings is 1. The Labute approximate surface area is 139 Å². The summed E-state index contributed by atoms with van der Waals surface area (Å²) in [4.78, 5) is 21.1. The molecule has 5 nitrogen and oxygen atoms in total. The molecule has 2 saturated heterocycles. The smallest absolute Gasteiger partial charge is 0.234 e. The Morgan fingerprint density at radius 1 is 1.22 bits per heavy atom. The summed E-state index contributed by atoms with van der Waals surface area (Å²) in [6, 6.07) is 3.88. The van der Waals surface area contributed by atoms with E-state index in [1.54, 1.807) is 12.4 Å². The van der Waals surface area contributed by atoms with Crippen LogP contribution in [0.2, 0.25) is 0 Å². The first-order valence-corrected chi connectivity index (χ1v) is 8.90. The van der Waals surface area contributed by atoms with Gasteiger partial charge in [0.15, 0.2) is 0 Å². The predicted molar refractivity (Wildman–Crippen MR) is 90.9 cm³/mol. The van der Waals surface area contributed by atoms with Crippen LogP contribution in [0.5, 0.6) is 0 Å². The summed E-state index contributed by atoms with van der Waals surface area (Å²) in [5.41, 5.74) is 1.05. The molecule has 1 aromatic rings. The van der Waals surface area contributed by atoms with Gasteiger partial charge in [0.2, 0.25) is 5.91 Å².